The molecule has 1 rings (SSSR count). The number of halogens is 1. The van der Waals surface area contributed by atoms with E-state index in [1.54, 1.807) is 0 Å². The molecule has 0 aliphatic carbocycles. The fraction of sp³-hybridized carbons (Fsp3) is 0.300. The number of hydrogen-bond acceptors (Lipinski definition) is 5. The second-order valence-electron chi connectivity index (χ2n) is 3.37. The summed E-state index contributed by atoms with van der Waals surface area (Å²) in [6.45, 7) is -0.195. The first-order valence-electron chi connectivity index (χ1n) is 4.80. The zero-order chi connectivity index (χ0) is 13.0. The van der Waals surface area contributed by atoms with E-state index >= 15 is 0 Å². The number of nitrogens with one attached hydrogen (secondary N) is 1. The van der Waals surface area contributed by atoms with Crippen molar-refractivity contribution in [3.8, 4) is 5.75 Å². The van der Waals surface area contributed by atoms with Gasteiger partial charge in [0, 0.05) is 18.7 Å². The lowest BCUT2D eigenvalue weighted by Gasteiger charge is -2.12. The van der Waals surface area contributed by atoms with Crippen LogP contribution in [0.5, 0.6) is 5.75 Å². The van der Waals surface area contributed by atoms with Crippen molar-refractivity contribution in [2.75, 3.05) is 24.7 Å². The van der Waals surface area contributed by atoms with E-state index in [-0.39, 0.29) is 17.9 Å². The summed E-state index contributed by atoms with van der Waals surface area (Å²) in [5.41, 5.74) is 10.6. The Kier molecular flexibility index (Phi) is 4.11. The maximum Gasteiger partial charge on any atom is 0.248 e. The molecule has 0 fully saturated rings. The number of hydrogen-bond donors (Lipinski definition) is 4. The smallest absolute Gasteiger partial charge is 0.248 e. The summed E-state index contributed by atoms with van der Waals surface area (Å²) in [4.78, 5) is 10.6. The van der Waals surface area contributed by atoms with Gasteiger partial charge in [0.25, 0.3) is 0 Å². The van der Waals surface area contributed by atoms with E-state index in [2.05, 4.69) is 5.32 Å². The average Bonchev–Trinajstić information content (AvgIpc) is 2.27. The van der Waals surface area contributed by atoms with Crippen molar-refractivity contribution < 1.29 is 19.0 Å². The number of ether oxygens (including phenoxy) is 1. The molecule has 0 saturated heterocycles. The van der Waals surface area contributed by atoms with Gasteiger partial charge in [-0.05, 0) is 0 Å². The van der Waals surface area contributed by atoms with E-state index in [9.17, 15) is 9.18 Å². The van der Waals surface area contributed by atoms with E-state index in [0.717, 1.165) is 6.07 Å². The van der Waals surface area contributed by atoms with Crippen LogP contribution in [-0.4, -0.2) is 30.8 Å². The summed E-state index contributed by atoms with van der Waals surface area (Å²) < 4.78 is 18.3. The molecule has 1 amide bonds. The number of nitrogens with two attached hydrogens (primary N) is 2. The van der Waals surface area contributed by atoms with Crippen LogP contribution in [0.1, 0.15) is 0 Å². The highest BCUT2D eigenvalue weighted by Crippen LogP contribution is 2.28. The number of carbonyl (C=O) groups excluding carboxylic acids is 1. The molecule has 1 aromatic rings. The summed E-state index contributed by atoms with van der Waals surface area (Å²) in [5, 5.41) is 11.7. The van der Waals surface area contributed by atoms with Crippen molar-refractivity contribution in [1.82, 2.24) is 0 Å². The van der Waals surface area contributed by atoms with Gasteiger partial charge in [-0.2, -0.15) is 0 Å². The Morgan fingerprint density at radius 1 is 1.65 bits per heavy atom. The first-order valence-corrected chi connectivity index (χ1v) is 4.80. The Balaban J connectivity index is 2.80. The summed E-state index contributed by atoms with van der Waals surface area (Å²) in [5.74, 6) is -1.21. The zero-order valence-electron chi connectivity index (χ0n) is 9.24. The Morgan fingerprint density at radius 2 is 2.29 bits per heavy atom. The summed E-state index contributed by atoms with van der Waals surface area (Å²) in [7, 11) is 1.39. The van der Waals surface area contributed by atoms with E-state index < -0.39 is 17.8 Å². The quantitative estimate of drug-likeness (QED) is 0.529. The molecule has 0 bridgehead atoms. The maximum atomic E-state index is 13.4. The van der Waals surface area contributed by atoms with Gasteiger partial charge >= 0.3 is 0 Å². The highest BCUT2D eigenvalue weighted by molar-refractivity contribution is 5.79. The molecule has 0 aliphatic rings. The summed E-state index contributed by atoms with van der Waals surface area (Å²) in [6.07, 6.45) is -1.39. The maximum absolute atomic E-state index is 13.4. The van der Waals surface area contributed by atoms with Crippen molar-refractivity contribution in [2.45, 2.75) is 6.10 Å². The van der Waals surface area contributed by atoms with Crippen LogP contribution in [0.4, 0.5) is 15.8 Å². The first-order chi connectivity index (χ1) is 7.95. The molecule has 1 unspecified atom stereocenters. The van der Waals surface area contributed by atoms with Crippen molar-refractivity contribution in [2.24, 2.45) is 5.73 Å². The lowest BCUT2D eigenvalue weighted by atomic mass is 10.2. The Bertz CT molecular complexity index is 426. The highest BCUT2D eigenvalue weighted by Gasteiger charge is 2.13. The van der Waals surface area contributed by atoms with Crippen LogP contribution in [0, 0.1) is 5.82 Å². The second kappa shape index (κ2) is 5.35. The molecule has 6 nitrogen and oxygen atoms in total. The third-order valence-corrected chi connectivity index (χ3v) is 2.13. The molecule has 0 aromatic heterocycles. The SMILES string of the molecule is COc1cc(NCC(O)C(N)=O)c(F)cc1N. The average molecular weight is 243 g/mol. The number of nitrogen functional groups attached to an aromatic ring is 1. The summed E-state index contributed by atoms with van der Waals surface area (Å²) in [6, 6.07) is 2.41. The van der Waals surface area contributed by atoms with Crippen molar-refractivity contribution >= 4 is 17.3 Å². The highest BCUT2D eigenvalue weighted by atomic mass is 19.1. The van der Waals surface area contributed by atoms with Crippen molar-refractivity contribution in [3.63, 3.8) is 0 Å². The molecule has 0 heterocycles. The fourth-order valence-electron chi connectivity index (χ4n) is 1.19. The predicted octanol–water partition coefficient (Wildman–Crippen LogP) is -0.325. The number of carbonyl (C=O) groups is 1. The fourth-order valence-corrected chi connectivity index (χ4v) is 1.19. The molecular formula is C10H14FN3O3. The number of benzene rings is 1. The lowest BCUT2D eigenvalue weighted by Crippen LogP contribution is -2.34. The number of anilines is 2. The Morgan fingerprint density at radius 3 is 2.82 bits per heavy atom. The van der Waals surface area contributed by atoms with E-state index in [1.807, 2.05) is 0 Å². The van der Waals surface area contributed by atoms with Crippen LogP contribution >= 0.6 is 0 Å². The minimum Gasteiger partial charge on any atom is -0.495 e. The third kappa shape index (κ3) is 3.22. The summed E-state index contributed by atoms with van der Waals surface area (Å²) >= 11 is 0. The monoisotopic (exact) mass is 243 g/mol. The molecular weight excluding hydrogens is 229 g/mol. The molecule has 94 valence electrons. The number of aliphatic hydroxyl groups is 1. The molecule has 1 atom stereocenters. The van der Waals surface area contributed by atoms with Crippen LogP contribution in [-0.2, 0) is 4.79 Å². The van der Waals surface area contributed by atoms with Crippen LogP contribution < -0.4 is 21.5 Å². The van der Waals surface area contributed by atoms with Gasteiger partial charge in [0.15, 0.2) is 0 Å². The molecule has 0 saturated carbocycles. The van der Waals surface area contributed by atoms with Gasteiger partial charge in [-0.15, -0.1) is 0 Å². The first kappa shape index (κ1) is 13.0. The number of aliphatic hydroxyl groups excluding tert-OH is 1. The van der Waals surface area contributed by atoms with E-state index in [4.69, 9.17) is 21.3 Å². The topological polar surface area (TPSA) is 111 Å². The second-order valence-corrected chi connectivity index (χ2v) is 3.37. The number of amides is 1. The molecule has 6 N–H and O–H groups in total. The van der Waals surface area contributed by atoms with Crippen molar-refractivity contribution in [3.05, 3.63) is 17.9 Å². The van der Waals surface area contributed by atoms with Gasteiger partial charge in [0.2, 0.25) is 5.91 Å². The van der Waals surface area contributed by atoms with Gasteiger partial charge in [-0.25, -0.2) is 4.39 Å². The van der Waals surface area contributed by atoms with Gasteiger partial charge in [-0.1, -0.05) is 0 Å². The standard InChI is InChI=1S/C10H14FN3O3/c1-17-9-3-7(5(11)2-6(9)12)14-4-8(15)10(13)16/h2-3,8,14-15H,4,12H2,1H3,(H2,13,16). The van der Waals surface area contributed by atoms with Crippen LogP contribution in [0.15, 0.2) is 12.1 Å². The Labute approximate surface area is 97.4 Å². The van der Waals surface area contributed by atoms with Crippen molar-refractivity contribution in [1.29, 1.82) is 0 Å². The van der Waals surface area contributed by atoms with Gasteiger partial charge in [-0.3, -0.25) is 4.79 Å². The van der Waals surface area contributed by atoms with Crippen LogP contribution in [0.25, 0.3) is 0 Å². The normalized spacial score (nSPS) is 11.9. The van der Waals surface area contributed by atoms with E-state index in [1.165, 1.54) is 13.2 Å². The minimum absolute atomic E-state index is 0.0661. The molecule has 0 aliphatic heterocycles. The molecule has 1 aromatic carbocycles. The number of methoxy groups -OCH3 is 1. The minimum atomic E-state index is -1.39. The molecule has 17 heavy (non-hydrogen) atoms. The van der Waals surface area contributed by atoms with Crippen LogP contribution in [0.3, 0.4) is 0 Å². The van der Waals surface area contributed by atoms with Gasteiger partial charge in [0.05, 0.1) is 18.5 Å². The predicted molar refractivity (Wildman–Crippen MR) is 61.1 cm³/mol. The lowest BCUT2D eigenvalue weighted by molar-refractivity contribution is -0.125. The van der Waals surface area contributed by atoms with Gasteiger partial charge < -0.3 is 26.6 Å². The third-order valence-electron chi connectivity index (χ3n) is 2.13. The van der Waals surface area contributed by atoms with Crippen LogP contribution in [0.2, 0.25) is 0 Å². The number of rotatable bonds is 5. The van der Waals surface area contributed by atoms with Gasteiger partial charge in [0.1, 0.15) is 17.7 Å². The Hall–Kier alpha value is -2.02. The van der Waals surface area contributed by atoms with E-state index in [0.29, 0.717) is 5.75 Å². The molecule has 0 spiro atoms. The zero-order valence-corrected chi connectivity index (χ0v) is 9.24. The largest absolute Gasteiger partial charge is 0.495 e. The number of primary amides is 1. The molecule has 7 heteroatoms. The molecule has 0 radical (unpaired) electrons.